The van der Waals surface area contributed by atoms with Crippen LogP contribution >= 0.6 is 11.3 Å². The van der Waals surface area contributed by atoms with Gasteiger partial charge < -0.3 is 9.88 Å². The van der Waals surface area contributed by atoms with Crippen molar-refractivity contribution in [2.24, 2.45) is 5.92 Å². The van der Waals surface area contributed by atoms with Crippen LogP contribution in [0.2, 0.25) is 0 Å². The molecule has 0 fully saturated rings. The molecule has 0 aliphatic heterocycles. The highest BCUT2D eigenvalue weighted by Gasteiger charge is 2.05. The minimum absolute atomic E-state index is 0.592. The molecule has 0 spiro atoms. The van der Waals surface area contributed by atoms with Crippen molar-refractivity contribution in [3.8, 4) is 0 Å². The van der Waals surface area contributed by atoms with E-state index in [4.69, 9.17) is 0 Å². The first-order valence-electron chi connectivity index (χ1n) is 6.94. The van der Waals surface area contributed by atoms with Crippen molar-refractivity contribution in [3.05, 3.63) is 53.9 Å². The van der Waals surface area contributed by atoms with Gasteiger partial charge in [0.15, 0.2) is 0 Å². The van der Waals surface area contributed by atoms with Crippen molar-refractivity contribution >= 4 is 21.4 Å². The Labute approximate surface area is 123 Å². The molecule has 4 heteroatoms. The lowest BCUT2D eigenvalue weighted by molar-refractivity contribution is 0.445. The van der Waals surface area contributed by atoms with Crippen molar-refractivity contribution in [2.75, 3.05) is 6.54 Å². The van der Waals surface area contributed by atoms with Crippen LogP contribution in [0.1, 0.15) is 12.5 Å². The molecular formula is C16H19N3S. The number of nitrogens with one attached hydrogen (secondary N) is 1. The number of aromatic nitrogens is 2. The summed E-state index contributed by atoms with van der Waals surface area (Å²) in [5.74, 6) is 0.592. The number of rotatable bonds is 6. The minimum atomic E-state index is 0.592. The number of thiophene rings is 1. The lowest BCUT2D eigenvalue weighted by Gasteiger charge is -2.13. The standard InChI is InChI=1S/C16H19N3S/c1-13(10-19-7-6-17-12-19)8-18-9-14-11-20-16-5-3-2-4-15(14)16/h2-7,11-13,18H,8-10H2,1H3. The van der Waals surface area contributed by atoms with Gasteiger partial charge in [0, 0.05) is 30.2 Å². The van der Waals surface area contributed by atoms with E-state index in [0.29, 0.717) is 5.92 Å². The van der Waals surface area contributed by atoms with Crippen molar-refractivity contribution in [2.45, 2.75) is 20.0 Å². The van der Waals surface area contributed by atoms with E-state index < -0.39 is 0 Å². The van der Waals surface area contributed by atoms with E-state index >= 15 is 0 Å². The van der Waals surface area contributed by atoms with Gasteiger partial charge in [-0.2, -0.15) is 0 Å². The van der Waals surface area contributed by atoms with Gasteiger partial charge in [0.1, 0.15) is 0 Å². The largest absolute Gasteiger partial charge is 0.337 e. The van der Waals surface area contributed by atoms with E-state index in [1.807, 2.05) is 30.1 Å². The van der Waals surface area contributed by atoms with E-state index in [1.165, 1.54) is 15.6 Å². The fraction of sp³-hybridized carbons (Fsp3) is 0.312. The fourth-order valence-corrected chi connectivity index (χ4v) is 3.40. The number of benzene rings is 1. The number of fused-ring (bicyclic) bond motifs is 1. The van der Waals surface area contributed by atoms with Crippen LogP contribution in [0.5, 0.6) is 0 Å². The van der Waals surface area contributed by atoms with Gasteiger partial charge >= 0.3 is 0 Å². The van der Waals surface area contributed by atoms with Crippen molar-refractivity contribution in [3.63, 3.8) is 0 Å². The summed E-state index contributed by atoms with van der Waals surface area (Å²) in [6.45, 7) is 5.23. The van der Waals surface area contributed by atoms with Crippen LogP contribution in [0.3, 0.4) is 0 Å². The SMILES string of the molecule is CC(CNCc1csc2ccccc12)Cn1ccnc1. The first-order valence-corrected chi connectivity index (χ1v) is 7.82. The highest BCUT2D eigenvalue weighted by Crippen LogP contribution is 2.25. The summed E-state index contributed by atoms with van der Waals surface area (Å²) in [6, 6.07) is 8.60. The molecule has 3 nitrogen and oxygen atoms in total. The molecule has 3 aromatic rings. The Morgan fingerprint density at radius 2 is 2.25 bits per heavy atom. The van der Waals surface area contributed by atoms with Crippen LogP contribution in [0, 0.1) is 5.92 Å². The highest BCUT2D eigenvalue weighted by molar-refractivity contribution is 7.17. The summed E-state index contributed by atoms with van der Waals surface area (Å²) in [7, 11) is 0. The first kappa shape index (κ1) is 13.3. The third kappa shape index (κ3) is 3.08. The lowest BCUT2D eigenvalue weighted by atomic mass is 10.1. The van der Waals surface area contributed by atoms with Gasteiger partial charge in [-0.05, 0) is 34.9 Å². The van der Waals surface area contributed by atoms with Crippen molar-refractivity contribution in [1.82, 2.24) is 14.9 Å². The Morgan fingerprint density at radius 3 is 3.10 bits per heavy atom. The third-order valence-corrected chi connectivity index (χ3v) is 4.46. The zero-order valence-electron chi connectivity index (χ0n) is 11.6. The van der Waals surface area contributed by atoms with E-state index in [9.17, 15) is 0 Å². The number of imidazole rings is 1. The monoisotopic (exact) mass is 285 g/mol. The van der Waals surface area contributed by atoms with Crippen LogP contribution < -0.4 is 5.32 Å². The summed E-state index contributed by atoms with van der Waals surface area (Å²) in [5.41, 5.74) is 1.40. The Morgan fingerprint density at radius 1 is 1.35 bits per heavy atom. The molecule has 1 aromatic carbocycles. The van der Waals surface area contributed by atoms with E-state index in [2.05, 4.69) is 51.4 Å². The van der Waals surface area contributed by atoms with E-state index in [0.717, 1.165) is 19.6 Å². The average molecular weight is 285 g/mol. The second kappa shape index (κ2) is 6.20. The molecule has 0 aliphatic rings. The molecule has 1 N–H and O–H groups in total. The summed E-state index contributed by atoms with van der Waals surface area (Å²) in [4.78, 5) is 4.07. The molecular weight excluding hydrogens is 266 g/mol. The Kier molecular flexibility index (Phi) is 4.14. The molecule has 3 rings (SSSR count). The van der Waals surface area contributed by atoms with Gasteiger partial charge in [-0.15, -0.1) is 11.3 Å². The second-order valence-corrected chi connectivity index (χ2v) is 6.16. The molecule has 104 valence electrons. The Balaban J connectivity index is 1.52. The third-order valence-electron chi connectivity index (χ3n) is 3.45. The van der Waals surface area contributed by atoms with Gasteiger partial charge in [0.25, 0.3) is 0 Å². The molecule has 20 heavy (non-hydrogen) atoms. The first-order chi connectivity index (χ1) is 9.83. The smallest absolute Gasteiger partial charge is 0.0946 e. The molecule has 0 aliphatic carbocycles. The Bertz CT molecular complexity index is 657. The predicted octanol–water partition coefficient (Wildman–Crippen LogP) is 3.52. The maximum absolute atomic E-state index is 4.07. The fourth-order valence-electron chi connectivity index (χ4n) is 2.44. The molecule has 0 amide bonds. The van der Waals surface area contributed by atoms with Gasteiger partial charge in [0.05, 0.1) is 6.33 Å². The average Bonchev–Trinajstić information content (AvgIpc) is 3.09. The molecule has 0 bridgehead atoms. The highest BCUT2D eigenvalue weighted by atomic mass is 32.1. The maximum atomic E-state index is 4.07. The molecule has 0 radical (unpaired) electrons. The van der Waals surface area contributed by atoms with Crippen LogP contribution in [-0.2, 0) is 13.1 Å². The van der Waals surface area contributed by atoms with Crippen LogP contribution in [0.15, 0.2) is 48.4 Å². The second-order valence-electron chi connectivity index (χ2n) is 5.25. The van der Waals surface area contributed by atoms with Gasteiger partial charge in [-0.25, -0.2) is 4.98 Å². The molecule has 1 unspecified atom stereocenters. The normalized spacial score (nSPS) is 12.8. The summed E-state index contributed by atoms with van der Waals surface area (Å²) in [5, 5.41) is 7.21. The lowest BCUT2D eigenvalue weighted by Crippen LogP contribution is -2.23. The molecule has 2 heterocycles. The predicted molar refractivity (Wildman–Crippen MR) is 84.9 cm³/mol. The topological polar surface area (TPSA) is 29.9 Å². The summed E-state index contributed by atoms with van der Waals surface area (Å²) < 4.78 is 3.50. The minimum Gasteiger partial charge on any atom is -0.337 e. The van der Waals surface area contributed by atoms with E-state index in [-0.39, 0.29) is 0 Å². The van der Waals surface area contributed by atoms with Gasteiger partial charge in [-0.1, -0.05) is 25.1 Å². The maximum Gasteiger partial charge on any atom is 0.0946 e. The van der Waals surface area contributed by atoms with Gasteiger partial charge in [-0.3, -0.25) is 0 Å². The van der Waals surface area contributed by atoms with E-state index in [1.54, 1.807) is 0 Å². The number of hydrogen-bond donors (Lipinski definition) is 1. The quantitative estimate of drug-likeness (QED) is 0.751. The number of hydrogen-bond acceptors (Lipinski definition) is 3. The van der Waals surface area contributed by atoms with Gasteiger partial charge in [0.2, 0.25) is 0 Å². The Hall–Kier alpha value is -1.65. The van der Waals surface area contributed by atoms with Crippen LogP contribution in [0.25, 0.3) is 10.1 Å². The number of nitrogens with zero attached hydrogens (tertiary/aromatic N) is 2. The molecule has 0 saturated heterocycles. The van der Waals surface area contributed by atoms with Crippen molar-refractivity contribution in [1.29, 1.82) is 0 Å². The summed E-state index contributed by atoms with van der Waals surface area (Å²) >= 11 is 1.82. The van der Waals surface area contributed by atoms with Crippen LogP contribution in [0.4, 0.5) is 0 Å². The zero-order valence-corrected chi connectivity index (χ0v) is 12.4. The molecule has 0 saturated carbocycles. The van der Waals surface area contributed by atoms with Crippen LogP contribution in [-0.4, -0.2) is 16.1 Å². The molecule has 2 aromatic heterocycles. The van der Waals surface area contributed by atoms with Crippen molar-refractivity contribution < 1.29 is 0 Å². The molecule has 1 atom stereocenters. The summed E-state index contributed by atoms with van der Waals surface area (Å²) in [6.07, 6.45) is 5.73. The zero-order chi connectivity index (χ0) is 13.8.